The van der Waals surface area contributed by atoms with Gasteiger partial charge in [0, 0.05) is 12.6 Å². The lowest BCUT2D eigenvalue weighted by molar-refractivity contribution is -0.143. The predicted molar refractivity (Wildman–Crippen MR) is 77.8 cm³/mol. The molecular weight excluding hydrogens is 365 g/mol. The molecule has 0 spiro atoms. The highest BCUT2D eigenvalue weighted by atomic mass is 79.9. The number of piperidine rings is 1. The number of aliphatic carboxylic acids is 1. The van der Waals surface area contributed by atoms with Crippen LogP contribution >= 0.6 is 15.9 Å². The van der Waals surface area contributed by atoms with Crippen LogP contribution in [0.4, 0.5) is 4.39 Å². The summed E-state index contributed by atoms with van der Waals surface area (Å²) in [5.41, 5.74) is 0. The molecule has 1 aromatic carbocycles. The molecule has 1 aliphatic rings. The third-order valence-electron chi connectivity index (χ3n) is 3.67. The van der Waals surface area contributed by atoms with Gasteiger partial charge in [0.2, 0.25) is 10.0 Å². The van der Waals surface area contributed by atoms with Crippen molar-refractivity contribution in [3.05, 3.63) is 28.5 Å². The third kappa shape index (κ3) is 3.27. The molecule has 0 amide bonds. The highest BCUT2D eigenvalue weighted by Crippen LogP contribution is 2.29. The molecule has 0 bridgehead atoms. The Morgan fingerprint density at radius 1 is 1.43 bits per heavy atom. The number of rotatable bonds is 3. The van der Waals surface area contributed by atoms with E-state index in [1.54, 1.807) is 6.92 Å². The number of carbonyl (C=O) groups is 1. The van der Waals surface area contributed by atoms with Crippen LogP contribution in [0, 0.1) is 11.7 Å². The van der Waals surface area contributed by atoms with E-state index >= 15 is 0 Å². The lowest BCUT2D eigenvalue weighted by Gasteiger charge is -2.35. The van der Waals surface area contributed by atoms with Crippen molar-refractivity contribution in [3.63, 3.8) is 0 Å². The first kappa shape index (κ1) is 16.4. The summed E-state index contributed by atoms with van der Waals surface area (Å²) in [5, 5.41) is 9.08. The van der Waals surface area contributed by atoms with E-state index in [2.05, 4.69) is 15.9 Å². The molecule has 0 radical (unpaired) electrons. The normalized spacial score (nSPS) is 24.0. The van der Waals surface area contributed by atoms with Crippen molar-refractivity contribution in [2.45, 2.75) is 30.7 Å². The average Bonchev–Trinajstić information content (AvgIpc) is 2.41. The van der Waals surface area contributed by atoms with Gasteiger partial charge in [-0.25, -0.2) is 12.8 Å². The molecule has 2 rings (SSSR count). The Labute approximate surface area is 130 Å². The third-order valence-corrected chi connectivity index (χ3v) is 6.26. The molecule has 1 saturated heterocycles. The molecule has 0 aromatic heterocycles. The first-order valence-electron chi connectivity index (χ1n) is 6.43. The zero-order chi connectivity index (χ0) is 15.8. The van der Waals surface area contributed by atoms with E-state index in [0.717, 1.165) is 6.07 Å². The van der Waals surface area contributed by atoms with Crippen molar-refractivity contribution < 1.29 is 22.7 Å². The van der Waals surface area contributed by atoms with Gasteiger partial charge in [-0.05, 0) is 53.9 Å². The topological polar surface area (TPSA) is 74.7 Å². The standard InChI is InChI=1S/C13H15BrFNO4S/c1-8-2-3-9(13(17)18)7-16(8)21(19,20)10-4-5-12(15)11(14)6-10/h4-6,8-9H,2-3,7H2,1H3,(H,17,18). The van der Waals surface area contributed by atoms with Crippen molar-refractivity contribution in [1.82, 2.24) is 4.31 Å². The maximum absolute atomic E-state index is 13.2. The van der Waals surface area contributed by atoms with Crippen LogP contribution in [0.5, 0.6) is 0 Å². The molecule has 0 saturated carbocycles. The minimum absolute atomic E-state index is 0.0475. The Hall–Kier alpha value is -0.990. The van der Waals surface area contributed by atoms with E-state index in [1.165, 1.54) is 16.4 Å². The molecule has 1 fully saturated rings. The Kier molecular flexibility index (Phi) is 4.69. The van der Waals surface area contributed by atoms with Gasteiger partial charge in [0.05, 0.1) is 15.3 Å². The fraction of sp³-hybridized carbons (Fsp3) is 0.462. The molecule has 21 heavy (non-hydrogen) atoms. The molecule has 1 aromatic rings. The number of hydrogen-bond acceptors (Lipinski definition) is 3. The van der Waals surface area contributed by atoms with Crippen LogP contribution in [-0.4, -0.2) is 36.4 Å². The van der Waals surface area contributed by atoms with Gasteiger partial charge in [-0.1, -0.05) is 0 Å². The quantitative estimate of drug-likeness (QED) is 0.874. The number of halogens is 2. The molecule has 2 atom stereocenters. The van der Waals surface area contributed by atoms with Crippen LogP contribution < -0.4 is 0 Å². The van der Waals surface area contributed by atoms with Crippen LogP contribution in [0.3, 0.4) is 0 Å². The SMILES string of the molecule is CC1CCC(C(=O)O)CN1S(=O)(=O)c1ccc(F)c(Br)c1. The second kappa shape index (κ2) is 6.02. The van der Waals surface area contributed by atoms with Gasteiger partial charge in [0.1, 0.15) is 5.82 Å². The lowest BCUT2D eigenvalue weighted by atomic mass is 9.96. The summed E-state index contributed by atoms with van der Waals surface area (Å²) in [6.45, 7) is 1.68. The Bertz CT molecular complexity index is 664. The fourth-order valence-electron chi connectivity index (χ4n) is 2.38. The predicted octanol–water partition coefficient (Wildman–Crippen LogP) is 2.46. The number of carboxylic acid groups (broad SMARTS) is 1. The minimum atomic E-state index is -3.84. The maximum Gasteiger partial charge on any atom is 0.307 e. The van der Waals surface area contributed by atoms with Crippen LogP contribution in [0.15, 0.2) is 27.6 Å². The van der Waals surface area contributed by atoms with Crippen LogP contribution in [0.2, 0.25) is 0 Å². The van der Waals surface area contributed by atoms with Crippen molar-refractivity contribution in [3.8, 4) is 0 Å². The van der Waals surface area contributed by atoms with E-state index in [0.29, 0.717) is 12.8 Å². The number of hydrogen-bond donors (Lipinski definition) is 1. The monoisotopic (exact) mass is 379 g/mol. The zero-order valence-corrected chi connectivity index (χ0v) is 13.7. The zero-order valence-electron chi connectivity index (χ0n) is 11.3. The van der Waals surface area contributed by atoms with Gasteiger partial charge in [-0.3, -0.25) is 4.79 Å². The lowest BCUT2D eigenvalue weighted by Crippen LogP contribution is -2.47. The summed E-state index contributed by atoms with van der Waals surface area (Å²) in [4.78, 5) is 11.0. The summed E-state index contributed by atoms with van der Waals surface area (Å²) >= 11 is 2.96. The van der Waals surface area contributed by atoms with Crippen molar-refractivity contribution in [2.24, 2.45) is 5.92 Å². The van der Waals surface area contributed by atoms with Crippen molar-refractivity contribution >= 4 is 31.9 Å². The number of sulfonamides is 1. The smallest absolute Gasteiger partial charge is 0.307 e. The Morgan fingerprint density at radius 3 is 2.67 bits per heavy atom. The molecule has 1 N–H and O–H groups in total. The van der Waals surface area contributed by atoms with Gasteiger partial charge < -0.3 is 5.11 Å². The highest BCUT2D eigenvalue weighted by Gasteiger charge is 2.37. The highest BCUT2D eigenvalue weighted by molar-refractivity contribution is 9.10. The first-order chi connectivity index (χ1) is 9.73. The van der Waals surface area contributed by atoms with E-state index in [1.807, 2.05) is 0 Å². The minimum Gasteiger partial charge on any atom is -0.481 e. The molecule has 5 nitrogen and oxygen atoms in total. The second-order valence-electron chi connectivity index (χ2n) is 5.11. The van der Waals surface area contributed by atoms with Crippen molar-refractivity contribution in [1.29, 1.82) is 0 Å². The number of benzene rings is 1. The van der Waals surface area contributed by atoms with E-state index in [9.17, 15) is 17.6 Å². The van der Waals surface area contributed by atoms with Gasteiger partial charge >= 0.3 is 5.97 Å². The van der Waals surface area contributed by atoms with Crippen LogP contribution in [-0.2, 0) is 14.8 Å². The number of nitrogens with zero attached hydrogens (tertiary/aromatic N) is 1. The summed E-state index contributed by atoms with van der Waals surface area (Å²) < 4.78 is 39.7. The molecule has 2 unspecified atom stereocenters. The summed E-state index contributed by atoms with van der Waals surface area (Å²) in [6, 6.07) is 3.17. The Balaban J connectivity index is 2.36. The molecule has 1 aliphatic heterocycles. The van der Waals surface area contributed by atoms with Crippen LogP contribution in [0.1, 0.15) is 19.8 Å². The summed E-state index contributed by atoms with van der Waals surface area (Å²) in [6.07, 6.45) is 0.939. The molecule has 0 aliphatic carbocycles. The molecule has 116 valence electrons. The second-order valence-corrected chi connectivity index (χ2v) is 7.86. The van der Waals surface area contributed by atoms with E-state index < -0.39 is 27.7 Å². The maximum atomic E-state index is 13.2. The van der Waals surface area contributed by atoms with Gasteiger partial charge in [-0.15, -0.1) is 0 Å². The number of carboxylic acids is 1. The average molecular weight is 380 g/mol. The van der Waals surface area contributed by atoms with Gasteiger partial charge in [-0.2, -0.15) is 4.31 Å². The molecule has 8 heteroatoms. The molecule has 1 heterocycles. The van der Waals surface area contributed by atoms with Gasteiger partial charge in [0.15, 0.2) is 0 Å². The first-order valence-corrected chi connectivity index (χ1v) is 8.66. The van der Waals surface area contributed by atoms with Gasteiger partial charge in [0.25, 0.3) is 0 Å². The Morgan fingerprint density at radius 2 is 2.10 bits per heavy atom. The van der Waals surface area contributed by atoms with Crippen LogP contribution in [0.25, 0.3) is 0 Å². The van der Waals surface area contributed by atoms with E-state index in [4.69, 9.17) is 5.11 Å². The summed E-state index contributed by atoms with van der Waals surface area (Å²) in [7, 11) is -3.84. The summed E-state index contributed by atoms with van der Waals surface area (Å²) in [5.74, 6) is -2.26. The van der Waals surface area contributed by atoms with Crippen molar-refractivity contribution in [2.75, 3.05) is 6.54 Å². The van der Waals surface area contributed by atoms with E-state index in [-0.39, 0.29) is 22.0 Å². The largest absolute Gasteiger partial charge is 0.481 e. The molecular formula is C13H15BrFNO4S. The fourth-order valence-corrected chi connectivity index (χ4v) is 4.65.